The molecule has 1 aromatic heterocycles. The van der Waals surface area contributed by atoms with E-state index in [4.69, 9.17) is 0 Å². The van der Waals surface area contributed by atoms with E-state index in [-0.39, 0.29) is 5.75 Å². The molecule has 2 rings (SSSR count). The molecule has 0 bridgehead atoms. The average Bonchev–Trinajstić information content (AvgIpc) is 2.48. The summed E-state index contributed by atoms with van der Waals surface area (Å²) in [5, 5.41) is 10.9. The molecule has 8 heteroatoms. The minimum absolute atomic E-state index is 0.284. The third kappa shape index (κ3) is 4.39. The molecule has 1 N–H and O–H groups in total. The first kappa shape index (κ1) is 18.5. The van der Waals surface area contributed by atoms with E-state index in [1.54, 1.807) is 6.92 Å². The van der Waals surface area contributed by atoms with Crippen molar-refractivity contribution in [3.05, 3.63) is 48.5 Å². The lowest BCUT2D eigenvalue weighted by Crippen LogP contribution is -2.42. The van der Waals surface area contributed by atoms with Crippen molar-refractivity contribution in [3.63, 3.8) is 0 Å². The zero-order valence-electron chi connectivity index (χ0n) is 13.3. The molecule has 0 amide bonds. The van der Waals surface area contributed by atoms with Crippen LogP contribution in [0.15, 0.2) is 47.9 Å². The summed E-state index contributed by atoms with van der Waals surface area (Å²) in [5.74, 6) is -0.284. The normalized spacial score (nSPS) is 15.0. The highest BCUT2D eigenvalue weighted by Gasteiger charge is 2.42. The van der Waals surface area contributed by atoms with Crippen LogP contribution in [0.4, 0.5) is 13.2 Å². The molecule has 0 saturated heterocycles. The number of hydrogen-bond acceptors (Lipinski definition) is 5. The number of aromatic nitrogens is 2. The molecular formula is C16H17F3N2O2S. The van der Waals surface area contributed by atoms with E-state index in [0.717, 1.165) is 0 Å². The molecule has 0 aliphatic carbocycles. The van der Waals surface area contributed by atoms with E-state index in [1.807, 2.05) is 13.8 Å². The quantitative estimate of drug-likeness (QED) is 0.814. The number of rotatable bonds is 5. The van der Waals surface area contributed by atoms with E-state index >= 15 is 0 Å². The van der Waals surface area contributed by atoms with Gasteiger partial charge in [-0.2, -0.15) is 0 Å². The average molecular weight is 358 g/mol. The molecule has 0 saturated carbocycles. The number of ether oxygens (including phenoxy) is 1. The molecule has 0 spiro atoms. The number of alkyl halides is 3. The third-order valence-corrected chi connectivity index (χ3v) is 5.14. The zero-order valence-corrected chi connectivity index (χ0v) is 14.1. The summed E-state index contributed by atoms with van der Waals surface area (Å²) in [6.45, 7) is 5.33. The predicted molar refractivity (Wildman–Crippen MR) is 84.7 cm³/mol. The van der Waals surface area contributed by atoms with Gasteiger partial charge in [-0.05, 0) is 45.0 Å². The first-order valence-electron chi connectivity index (χ1n) is 7.04. The molecule has 0 aliphatic rings. The van der Waals surface area contributed by atoms with Gasteiger partial charge in [0.2, 0.25) is 0 Å². The Morgan fingerprint density at radius 2 is 1.54 bits per heavy atom. The van der Waals surface area contributed by atoms with Gasteiger partial charge in [0.1, 0.15) is 17.7 Å². The Kier molecular flexibility index (Phi) is 5.10. The van der Waals surface area contributed by atoms with Crippen molar-refractivity contribution in [3.8, 4) is 5.75 Å². The Morgan fingerprint density at radius 3 is 2.04 bits per heavy atom. The molecule has 1 unspecified atom stereocenters. The lowest BCUT2D eigenvalue weighted by Gasteiger charge is -2.39. The fraction of sp³-hybridized carbons (Fsp3) is 0.375. The molecule has 1 atom stereocenters. The van der Waals surface area contributed by atoms with Gasteiger partial charge in [0, 0.05) is 27.6 Å². The Bertz CT molecular complexity index is 674. The van der Waals surface area contributed by atoms with Gasteiger partial charge in [-0.1, -0.05) is 0 Å². The minimum Gasteiger partial charge on any atom is -0.406 e. The SMILES string of the molecule is CC(C)(Sc1ccc(OC(F)(F)F)cc1)C(C)(O)c1cncnc1. The number of nitrogens with zero attached hydrogens (tertiary/aromatic N) is 2. The van der Waals surface area contributed by atoms with Gasteiger partial charge < -0.3 is 9.84 Å². The Morgan fingerprint density at radius 1 is 1.00 bits per heavy atom. The fourth-order valence-corrected chi connectivity index (χ4v) is 3.18. The van der Waals surface area contributed by atoms with Gasteiger partial charge in [-0.15, -0.1) is 24.9 Å². The molecule has 1 aromatic carbocycles. The van der Waals surface area contributed by atoms with Crippen LogP contribution in [0.2, 0.25) is 0 Å². The number of hydrogen-bond donors (Lipinski definition) is 1. The maximum absolute atomic E-state index is 12.2. The van der Waals surface area contributed by atoms with Crippen LogP contribution in [0.5, 0.6) is 5.75 Å². The van der Waals surface area contributed by atoms with Crippen LogP contribution >= 0.6 is 11.8 Å². The van der Waals surface area contributed by atoms with Crippen LogP contribution in [-0.4, -0.2) is 26.2 Å². The van der Waals surface area contributed by atoms with E-state index < -0.39 is 16.7 Å². The molecule has 2 aromatic rings. The first-order chi connectivity index (χ1) is 11.0. The van der Waals surface area contributed by atoms with Crippen molar-refractivity contribution in [1.29, 1.82) is 0 Å². The predicted octanol–water partition coefficient (Wildman–Crippen LogP) is 4.15. The molecule has 1 heterocycles. The fourth-order valence-electron chi connectivity index (χ4n) is 2.00. The van der Waals surface area contributed by atoms with Gasteiger partial charge in [0.15, 0.2) is 0 Å². The maximum atomic E-state index is 12.2. The summed E-state index contributed by atoms with van der Waals surface area (Å²) in [6, 6.07) is 5.52. The maximum Gasteiger partial charge on any atom is 0.573 e. The standard InChI is InChI=1S/C16H17F3N2O2S/c1-14(2,15(3,22)11-8-20-10-21-9-11)24-13-6-4-12(5-7-13)23-16(17,18)19/h4-10,22H,1-3H3. The Balaban J connectivity index is 2.17. The second-order valence-electron chi connectivity index (χ2n) is 5.83. The lowest BCUT2D eigenvalue weighted by molar-refractivity contribution is -0.274. The van der Waals surface area contributed by atoms with Crippen LogP contribution in [0.25, 0.3) is 0 Å². The van der Waals surface area contributed by atoms with Crippen LogP contribution in [-0.2, 0) is 5.60 Å². The molecule has 0 radical (unpaired) electrons. The second kappa shape index (κ2) is 6.60. The van der Waals surface area contributed by atoms with Gasteiger partial charge in [0.25, 0.3) is 0 Å². The van der Waals surface area contributed by atoms with E-state index in [1.165, 1.54) is 54.7 Å². The number of benzene rings is 1. The largest absolute Gasteiger partial charge is 0.573 e. The molecule has 0 aliphatic heterocycles. The smallest absolute Gasteiger partial charge is 0.406 e. The summed E-state index contributed by atoms with van der Waals surface area (Å²) < 4.78 is 39.7. The summed E-state index contributed by atoms with van der Waals surface area (Å²) in [5.41, 5.74) is -0.695. The lowest BCUT2D eigenvalue weighted by atomic mass is 9.86. The highest BCUT2D eigenvalue weighted by Crippen LogP contribution is 2.45. The monoisotopic (exact) mass is 358 g/mol. The summed E-state index contributed by atoms with van der Waals surface area (Å²) in [7, 11) is 0. The third-order valence-electron chi connectivity index (χ3n) is 3.73. The minimum atomic E-state index is -4.72. The number of aliphatic hydroxyl groups is 1. The summed E-state index contributed by atoms with van der Waals surface area (Å²) >= 11 is 1.33. The Labute approximate surface area is 142 Å². The molecule has 4 nitrogen and oxygen atoms in total. The van der Waals surface area contributed by atoms with Crippen LogP contribution < -0.4 is 4.74 Å². The van der Waals surface area contributed by atoms with Gasteiger partial charge in [-0.3, -0.25) is 0 Å². The molecule has 24 heavy (non-hydrogen) atoms. The van der Waals surface area contributed by atoms with E-state index in [2.05, 4.69) is 14.7 Å². The zero-order chi connectivity index (χ0) is 18.0. The van der Waals surface area contributed by atoms with Crippen molar-refractivity contribution in [2.75, 3.05) is 0 Å². The first-order valence-corrected chi connectivity index (χ1v) is 7.86. The van der Waals surface area contributed by atoms with Crippen molar-refractivity contribution < 1.29 is 23.0 Å². The number of thioether (sulfide) groups is 1. The molecule has 130 valence electrons. The van der Waals surface area contributed by atoms with Gasteiger partial charge >= 0.3 is 6.36 Å². The topological polar surface area (TPSA) is 55.2 Å². The van der Waals surface area contributed by atoms with Crippen molar-refractivity contribution in [2.24, 2.45) is 0 Å². The van der Waals surface area contributed by atoms with Crippen molar-refractivity contribution >= 4 is 11.8 Å². The molecule has 0 fully saturated rings. The van der Waals surface area contributed by atoms with E-state index in [0.29, 0.717) is 10.5 Å². The van der Waals surface area contributed by atoms with Crippen LogP contribution in [0.1, 0.15) is 26.3 Å². The van der Waals surface area contributed by atoms with Crippen molar-refractivity contribution in [1.82, 2.24) is 9.97 Å². The van der Waals surface area contributed by atoms with Gasteiger partial charge in [0.05, 0.1) is 0 Å². The van der Waals surface area contributed by atoms with E-state index in [9.17, 15) is 18.3 Å². The number of halogens is 3. The summed E-state index contributed by atoms with van der Waals surface area (Å²) in [4.78, 5) is 8.53. The van der Waals surface area contributed by atoms with Crippen molar-refractivity contribution in [2.45, 2.75) is 42.4 Å². The highest BCUT2D eigenvalue weighted by molar-refractivity contribution is 8.00. The van der Waals surface area contributed by atoms with Gasteiger partial charge in [-0.25, -0.2) is 9.97 Å². The van der Waals surface area contributed by atoms with Crippen LogP contribution in [0.3, 0.4) is 0 Å². The molecular weight excluding hydrogens is 341 g/mol. The second-order valence-corrected chi connectivity index (χ2v) is 7.53. The Hall–Kier alpha value is -1.80. The summed E-state index contributed by atoms with van der Waals surface area (Å²) in [6.07, 6.45) is -0.269. The van der Waals surface area contributed by atoms with Crippen LogP contribution in [0, 0.1) is 0 Å². The highest BCUT2D eigenvalue weighted by atomic mass is 32.2.